The van der Waals surface area contributed by atoms with Gasteiger partial charge in [-0.05, 0) is 24.0 Å². The van der Waals surface area contributed by atoms with Gasteiger partial charge in [-0.3, -0.25) is 9.59 Å². The molecule has 98 valence electrons. The van der Waals surface area contributed by atoms with Crippen molar-refractivity contribution in [1.29, 1.82) is 0 Å². The molecular formula is C12H21NO3S. The quantitative estimate of drug-likeness (QED) is 0.755. The lowest BCUT2D eigenvalue weighted by Crippen LogP contribution is -2.44. The minimum Gasteiger partial charge on any atom is -0.481 e. The average Bonchev–Trinajstić information content (AvgIpc) is 2.63. The number of hydrogen-bond donors (Lipinski definition) is 2. The average molecular weight is 259 g/mol. The topological polar surface area (TPSA) is 66.4 Å². The Morgan fingerprint density at radius 1 is 1.47 bits per heavy atom. The Kier molecular flexibility index (Phi) is 4.86. The van der Waals surface area contributed by atoms with E-state index in [1.54, 1.807) is 20.8 Å². The Morgan fingerprint density at radius 2 is 2.12 bits per heavy atom. The molecule has 2 unspecified atom stereocenters. The Bertz CT molecular complexity index is 293. The highest BCUT2D eigenvalue weighted by atomic mass is 32.2. The van der Waals surface area contributed by atoms with Crippen molar-refractivity contribution in [2.45, 2.75) is 38.9 Å². The van der Waals surface area contributed by atoms with E-state index in [2.05, 4.69) is 5.32 Å². The lowest BCUT2D eigenvalue weighted by Gasteiger charge is -2.26. The normalized spacial score (nSPS) is 22.2. The molecule has 0 aromatic carbocycles. The predicted molar refractivity (Wildman–Crippen MR) is 69.1 cm³/mol. The molecule has 2 N–H and O–H groups in total. The maximum Gasteiger partial charge on any atom is 0.316 e. The summed E-state index contributed by atoms with van der Waals surface area (Å²) in [4.78, 5) is 23.0. The van der Waals surface area contributed by atoms with Crippen LogP contribution >= 0.6 is 11.8 Å². The number of carboxylic acid groups (broad SMARTS) is 1. The molecule has 0 aliphatic carbocycles. The second-order valence-electron chi connectivity index (χ2n) is 5.52. The molecule has 1 heterocycles. The molecular weight excluding hydrogens is 238 g/mol. The maximum absolute atomic E-state index is 11.9. The summed E-state index contributed by atoms with van der Waals surface area (Å²) in [6.07, 6.45) is 2.30. The van der Waals surface area contributed by atoms with Crippen molar-refractivity contribution in [3.05, 3.63) is 0 Å². The Labute approximate surface area is 107 Å². The van der Waals surface area contributed by atoms with Gasteiger partial charge in [0.15, 0.2) is 0 Å². The van der Waals surface area contributed by atoms with Crippen LogP contribution < -0.4 is 5.32 Å². The number of thioether (sulfide) groups is 1. The number of hydrogen-bond acceptors (Lipinski definition) is 3. The first kappa shape index (κ1) is 14.4. The molecule has 4 nitrogen and oxygen atoms in total. The van der Waals surface area contributed by atoms with Gasteiger partial charge < -0.3 is 10.4 Å². The van der Waals surface area contributed by atoms with Crippen molar-refractivity contribution in [2.75, 3.05) is 12.3 Å². The maximum atomic E-state index is 11.9. The van der Waals surface area contributed by atoms with Crippen molar-refractivity contribution in [3.8, 4) is 0 Å². The van der Waals surface area contributed by atoms with Gasteiger partial charge in [0.25, 0.3) is 0 Å². The van der Waals surface area contributed by atoms with E-state index in [4.69, 9.17) is 5.11 Å². The first-order chi connectivity index (χ1) is 7.82. The molecule has 1 amide bonds. The largest absolute Gasteiger partial charge is 0.481 e. The number of aliphatic carboxylic acids is 1. The third-order valence-corrected chi connectivity index (χ3v) is 4.30. The summed E-state index contributed by atoms with van der Waals surface area (Å²) >= 11 is 1.85. The van der Waals surface area contributed by atoms with E-state index in [9.17, 15) is 9.59 Å². The fourth-order valence-corrected chi connectivity index (χ4v) is 3.20. The zero-order valence-corrected chi connectivity index (χ0v) is 11.5. The molecule has 0 bridgehead atoms. The van der Waals surface area contributed by atoms with Crippen LogP contribution in [0.2, 0.25) is 0 Å². The van der Waals surface area contributed by atoms with Crippen LogP contribution in [0.3, 0.4) is 0 Å². The van der Waals surface area contributed by atoms with E-state index >= 15 is 0 Å². The number of amides is 1. The Hall–Kier alpha value is -0.710. The van der Waals surface area contributed by atoms with Gasteiger partial charge in [-0.1, -0.05) is 20.8 Å². The van der Waals surface area contributed by atoms with Gasteiger partial charge >= 0.3 is 5.97 Å². The molecule has 17 heavy (non-hydrogen) atoms. The highest BCUT2D eigenvalue weighted by Gasteiger charge is 2.37. The van der Waals surface area contributed by atoms with Crippen molar-refractivity contribution in [3.63, 3.8) is 0 Å². The molecule has 0 spiro atoms. The van der Waals surface area contributed by atoms with E-state index in [1.165, 1.54) is 6.42 Å². The van der Waals surface area contributed by atoms with Crippen LogP contribution in [0.15, 0.2) is 0 Å². The van der Waals surface area contributed by atoms with Crippen LogP contribution in [-0.4, -0.2) is 34.5 Å². The molecule has 1 aliphatic heterocycles. The molecule has 0 aromatic rings. The third kappa shape index (κ3) is 4.22. The Balaban J connectivity index is 2.51. The summed E-state index contributed by atoms with van der Waals surface area (Å²) in [7, 11) is 0. The second-order valence-corrected chi connectivity index (χ2v) is 6.93. The first-order valence-electron chi connectivity index (χ1n) is 5.94. The van der Waals surface area contributed by atoms with Crippen molar-refractivity contribution < 1.29 is 14.7 Å². The van der Waals surface area contributed by atoms with Gasteiger partial charge in [-0.2, -0.15) is 11.8 Å². The lowest BCUT2D eigenvalue weighted by molar-refractivity contribution is -0.151. The van der Waals surface area contributed by atoms with Crippen LogP contribution in [0.1, 0.15) is 33.6 Å². The fraction of sp³-hybridized carbons (Fsp3) is 0.833. The van der Waals surface area contributed by atoms with E-state index in [1.807, 2.05) is 11.8 Å². The highest BCUT2D eigenvalue weighted by molar-refractivity contribution is 8.00. The molecule has 1 saturated heterocycles. The molecule has 0 radical (unpaired) electrons. The van der Waals surface area contributed by atoms with Crippen LogP contribution in [0, 0.1) is 11.3 Å². The number of carbonyl (C=O) groups excluding carboxylic acids is 1. The van der Waals surface area contributed by atoms with Gasteiger partial charge in [0.1, 0.15) is 5.92 Å². The van der Waals surface area contributed by atoms with Gasteiger partial charge in [0.05, 0.1) is 0 Å². The van der Waals surface area contributed by atoms with E-state index in [-0.39, 0.29) is 5.91 Å². The van der Waals surface area contributed by atoms with Gasteiger partial charge in [0.2, 0.25) is 5.91 Å². The molecule has 5 heteroatoms. The lowest BCUT2D eigenvalue weighted by atomic mass is 9.80. The third-order valence-electron chi connectivity index (χ3n) is 2.90. The minimum atomic E-state index is -1.05. The van der Waals surface area contributed by atoms with Gasteiger partial charge in [-0.25, -0.2) is 0 Å². The van der Waals surface area contributed by atoms with Gasteiger partial charge in [0, 0.05) is 11.8 Å². The fourth-order valence-electron chi connectivity index (χ4n) is 2.00. The summed E-state index contributed by atoms with van der Waals surface area (Å²) in [6.45, 7) is 5.91. The highest BCUT2D eigenvalue weighted by Crippen LogP contribution is 2.28. The molecule has 0 aromatic heterocycles. The zero-order chi connectivity index (χ0) is 13.1. The summed E-state index contributed by atoms with van der Waals surface area (Å²) in [5.41, 5.74) is -0.557. The molecule has 1 aliphatic rings. The van der Waals surface area contributed by atoms with Crippen molar-refractivity contribution in [1.82, 2.24) is 5.32 Å². The zero-order valence-electron chi connectivity index (χ0n) is 10.7. The number of rotatable bonds is 4. The van der Waals surface area contributed by atoms with Crippen LogP contribution in [0.5, 0.6) is 0 Å². The second kappa shape index (κ2) is 5.76. The number of carbonyl (C=O) groups is 2. The SMILES string of the molecule is CC(C)(C)C(C(=O)O)C(=O)NCC1CCCS1. The Morgan fingerprint density at radius 3 is 2.53 bits per heavy atom. The summed E-state index contributed by atoms with van der Waals surface area (Å²) in [5.74, 6) is -1.25. The number of carboxylic acids is 1. The molecule has 0 saturated carbocycles. The van der Waals surface area contributed by atoms with Crippen LogP contribution in [-0.2, 0) is 9.59 Å². The van der Waals surface area contributed by atoms with Crippen LogP contribution in [0.4, 0.5) is 0 Å². The molecule has 1 rings (SSSR count). The first-order valence-corrected chi connectivity index (χ1v) is 6.99. The van der Waals surface area contributed by atoms with Gasteiger partial charge in [-0.15, -0.1) is 0 Å². The van der Waals surface area contributed by atoms with Crippen molar-refractivity contribution >= 4 is 23.6 Å². The summed E-state index contributed by atoms with van der Waals surface area (Å²) < 4.78 is 0. The summed E-state index contributed by atoms with van der Waals surface area (Å²) in [5, 5.41) is 12.3. The summed E-state index contributed by atoms with van der Waals surface area (Å²) in [6, 6.07) is 0. The van der Waals surface area contributed by atoms with Crippen LogP contribution in [0.25, 0.3) is 0 Å². The van der Waals surface area contributed by atoms with Crippen molar-refractivity contribution in [2.24, 2.45) is 11.3 Å². The van der Waals surface area contributed by atoms with E-state index < -0.39 is 17.3 Å². The number of nitrogens with one attached hydrogen (secondary N) is 1. The molecule has 2 atom stereocenters. The molecule has 1 fully saturated rings. The predicted octanol–water partition coefficient (Wildman–Crippen LogP) is 1.75. The van der Waals surface area contributed by atoms with E-state index in [0.29, 0.717) is 11.8 Å². The monoisotopic (exact) mass is 259 g/mol. The minimum absolute atomic E-state index is 0.363. The van der Waals surface area contributed by atoms with E-state index in [0.717, 1.165) is 12.2 Å². The smallest absolute Gasteiger partial charge is 0.316 e. The standard InChI is InChI=1S/C12H21NO3S/c1-12(2,3)9(11(15)16)10(14)13-7-8-5-4-6-17-8/h8-9H,4-7H2,1-3H3,(H,13,14)(H,15,16).